The Morgan fingerprint density at radius 2 is 2.14 bits per heavy atom. The number of nitrogens with one attached hydrogen (secondary N) is 2. The number of carbonyl (C=O) groups excluding carboxylic acids is 3. The largest absolute Gasteiger partial charge is 0.365 e. The summed E-state index contributed by atoms with van der Waals surface area (Å²) in [5.74, 6) is -0.912. The van der Waals surface area contributed by atoms with E-state index in [9.17, 15) is 14.4 Å². The molecule has 7 nitrogen and oxygen atoms in total. The summed E-state index contributed by atoms with van der Waals surface area (Å²) >= 11 is 0. The Balaban J connectivity index is 2.00. The van der Waals surface area contributed by atoms with Gasteiger partial charge in [0.15, 0.2) is 0 Å². The third-order valence-electron chi connectivity index (χ3n) is 3.92. The maximum absolute atomic E-state index is 12.4. The van der Waals surface area contributed by atoms with Crippen molar-refractivity contribution >= 4 is 17.8 Å². The zero-order chi connectivity index (χ0) is 15.5. The minimum atomic E-state index is -0.839. The third-order valence-corrected chi connectivity index (χ3v) is 3.92. The van der Waals surface area contributed by atoms with Gasteiger partial charge in [0.25, 0.3) is 11.8 Å². The summed E-state index contributed by atoms with van der Waals surface area (Å²) in [6, 6.07) is -0.578. The Morgan fingerprint density at radius 3 is 2.76 bits per heavy atom. The molecule has 0 aromatic carbocycles. The van der Waals surface area contributed by atoms with Crippen LogP contribution in [0.1, 0.15) is 39.0 Å². The summed E-state index contributed by atoms with van der Waals surface area (Å²) in [4.78, 5) is 36.3. The number of rotatable bonds is 5. The lowest BCUT2D eigenvalue weighted by atomic mass is 9.82. The maximum atomic E-state index is 12.4. The molecule has 1 spiro atoms. The van der Waals surface area contributed by atoms with E-state index in [0.717, 1.165) is 24.3 Å². The van der Waals surface area contributed by atoms with Crippen molar-refractivity contribution in [2.24, 2.45) is 0 Å². The number of nitrogens with zero attached hydrogens (tertiary/aromatic N) is 1. The third kappa shape index (κ3) is 3.07. The van der Waals surface area contributed by atoms with Crippen LogP contribution in [0.15, 0.2) is 12.7 Å². The van der Waals surface area contributed by atoms with Gasteiger partial charge in [0.1, 0.15) is 11.6 Å². The second kappa shape index (κ2) is 6.26. The summed E-state index contributed by atoms with van der Waals surface area (Å²) in [5.41, 5.74) is 1.49. The van der Waals surface area contributed by atoms with Crippen molar-refractivity contribution < 1.29 is 19.1 Å². The molecule has 1 heterocycles. The number of imide groups is 1. The normalized spacial score (nSPS) is 22.0. The van der Waals surface area contributed by atoms with Crippen LogP contribution in [-0.2, 0) is 14.3 Å². The minimum Gasteiger partial charge on any atom is -0.365 e. The Morgan fingerprint density at radius 1 is 1.48 bits per heavy atom. The molecule has 0 radical (unpaired) electrons. The molecule has 21 heavy (non-hydrogen) atoms. The van der Waals surface area contributed by atoms with Crippen molar-refractivity contribution in [3.63, 3.8) is 0 Å². The van der Waals surface area contributed by atoms with Crippen LogP contribution in [0.2, 0.25) is 0 Å². The highest BCUT2D eigenvalue weighted by Gasteiger charge is 2.52. The van der Waals surface area contributed by atoms with Crippen LogP contribution in [0.5, 0.6) is 0 Å². The molecule has 2 rings (SSSR count). The van der Waals surface area contributed by atoms with E-state index in [1.807, 2.05) is 0 Å². The molecule has 2 aliphatic rings. The first-order valence-corrected chi connectivity index (χ1v) is 7.20. The van der Waals surface area contributed by atoms with Gasteiger partial charge in [0.2, 0.25) is 0 Å². The minimum absolute atomic E-state index is 0.221. The number of hydrogen-bond donors (Lipinski definition) is 2. The zero-order valence-corrected chi connectivity index (χ0v) is 12.2. The van der Waals surface area contributed by atoms with E-state index >= 15 is 0 Å². The Hall–Kier alpha value is -1.89. The molecular formula is C14H21N3O4. The zero-order valence-electron chi connectivity index (χ0n) is 12.2. The molecule has 2 N–H and O–H groups in total. The summed E-state index contributed by atoms with van der Waals surface area (Å²) in [5, 5.41) is 3.50. The van der Waals surface area contributed by atoms with Crippen LogP contribution in [0.3, 0.4) is 0 Å². The van der Waals surface area contributed by atoms with Gasteiger partial charge in [-0.25, -0.2) is 4.79 Å². The summed E-state index contributed by atoms with van der Waals surface area (Å²) < 4.78 is 5.17. The highest BCUT2D eigenvalue weighted by Crippen LogP contribution is 2.32. The topological polar surface area (TPSA) is 87.7 Å². The highest BCUT2D eigenvalue weighted by molar-refractivity contribution is 6.08. The van der Waals surface area contributed by atoms with E-state index in [4.69, 9.17) is 4.74 Å². The number of carbonyl (C=O) groups is 3. The van der Waals surface area contributed by atoms with Gasteiger partial charge in [0, 0.05) is 0 Å². The van der Waals surface area contributed by atoms with Crippen molar-refractivity contribution in [3.05, 3.63) is 12.7 Å². The molecule has 116 valence electrons. The fourth-order valence-electron chi connectivity index (χ4n) is 2.71. The number of ether oxygens (including phenoxy) is 1. The molecule has 1 atom stereocenters. The fourth-order valence-corrected chi connectivity index (χ4v) is 2.71. The van der Waals surface area contributed by atoms with Crippen LogP contribution in [-0.4, -0.2) is 41.1 Å². The lowest BCUT2D eigenvalue weighted by Gasteiger charge is -2.30. The number of urea groups is 1. The maximum Gasteiger partial charge on any atom is 0.344 e. The van der Waals surface area contributed by atoms with E-state index in [1.54, 1.807) is 6.92 Å². The van der Waals surface area contributed by atoms with Crippen molar-refractivity contribution in [3.8, 4) is 0 Å². The van der Waals surface area contributed by atoms with Crippen LogP contribution in [0, 0.1) is 0 Å². The fraction of sp³-hybridized carbons (Fsp3) is 0.643. The lowest BCUT2D eigenvalue weighted by Crippen LogP contribution is -2.52. The van der Waals surface area contributed by atoms with E-state index in [1.165, 1.54) is 6.08 Å². The summed E-state index contributed by atoms with van der Waals surface area (Å²) in [6.45, 7) is 5.26. The van der Waals surface area contributed by atoms with Gasteiger partial charge < -0.3 is 10.1 Å². The molecule has 1 saturated carbocycles. The van der Waals surface area contributed by atoms with Gasteiger partial charge in [0.05, 0.1) is 6.61 Å². The molecule has 0 unspecified atom stereocenters. The first-order valence-electron chi connectivity index (χ1n) is 7.20. The Bertz CT molecular complexity index is 457. The Labute approximate surface area is 123 Å². The van der Waals surface area contributed by atoms with Gasteiger partial charge in [-0.3, -0.25) is 15.0 Å². The highest BCUT2D eigenvalue weighted by atomic mass is 16.5. The van der Waals surface area contributed by atoms with Gasteiger partial charge in [-0.1, -0.05) is 25.3 Å². The summed E-state index contributed by atoms with van der Waals surface area (Å²) in [7, 11) is 0. The van der Waals surface area contributed by atoms with Crippen molar-refractivity contribution in [2.45, 2.75) is 50.7 Å². The SMILES string of the molecule is C=CCO[C@H](C)C(=O)NN1C(=O)NC2(CCCCC2)C1=O. The predicted octanol–water partition coefficient (Wildman–Crippen LogP) is 0.863. The molecule has 1 aliphatic heterocycles. The van der Waals surface area contributed by atoms with Gasteiger partial charge in [-0.05, 0) is 19.8 Å². The molecular weight excluding hydrogens is 274 g/mol. The molecule has 0 bridgehead atoms. The second-order valence-electron chi connectivity index (χ2n) is 5.45. The second-order valence-corrected chi connectivity index (χ2v) is 5.45. The van der Waals surface area contributed by atoms with Crippen molar-refractivity contribution in [2.75, 3.05) is 6.61 Å². The molecule has 1 aliphatic carbocycles. The first kappa shape index (κ1) is 15.5. The van der Waals surface area contributed by atoms with E-state index in [0.29, 0.717) is 12.8 Å². The number of hydrogen-bond acceptors (Lipinski definition) is 4. The molecule has 0 aromatic rings. The van der Waals surface area contributed by atoms with Crippen LogP contribution in [0.25, 0.3) is 0 Å². The van der Waals surface area contributed by atoms with E-state index in [2.05, 4.69) is 17.3 Å². The van der Waals surface area contributed by atoms with Crippen LogP contribution < -0.4 is 10.7 Å². The average molecular weight is 295 g/mol. The van der Waals surface area contributed by atoms with E-state index in [-0.39, 0.29) is 12.5 Å². The lowest BCUT2D eigenvalue weighted by molar-refractivity contribution is -0.144. The monoisotopic (exact) mass is 295 g/mol. The average Bonchev–Trinajstić information content (AvgIpc) is 2.69. The van der Waals surface area contributed by atoms with Crippen LogP contribution >= 0.6 is 0 Å². The van der Waals surface area contributed by atoms with E-state index < -0.39 is 23.6 Å². The van der Waals surface area contributed by atoms with Gasteiger partial charge >= 0.3 is 6.03 Å². The molecule has 4 amide bonds. The number of amides is 4. The molecule has 0 aromatic heterocycles. The first-order chi connectivity index (χ1) is 10.00. The van der Waals surface area contributed by atoms with Crippen molar-refractivity contribution in [1.29, 1.82) is 0 Å². The number of hydrazine groups is 1. The smallest absolute Gasteiger partial charge is 0.344 e. The molecule has 2 fully saturated rings. The molecule has 7 heteroatoms. The van der Waals surface area contributed by atoms with Gasteiger partial charge in [-0.2, -0.15) is 5.01 Å². The van der Waals surface area contributed by atoms with Gasteiger partial charge in [-0.15, -0.1) is 6.58 Å². The predicted molar refractivity (Wildman–Crippen MR) is 74.9 cm³/mol. The Kier molecular flexibility index (Phi) is 4.62. The quantitative estimate of drug-likeness (QED) is 0.582. The summed E-state index contributed by atoms with van der Waals surface area (Å²) in [6.07, 6.45) is 4.84. The van der Waals surface area contributed by atoms with Crippen molar-refractivity contribution in [1.82, 2.24) is 15.8 Å². The van der Waals surface area contributed by atoms with Crippen LogP contribution in [0.4, 0.5) is 4.79 Å². The standard InChI is InChI=1S/C14H21N3O4/c1-3-9-21-10(2)11(18)16-17-12(19)14(15-13(17)20)7-5-4-6-8-14/h3,10H,1,4-9H2,2H3,(H,15,20)(H,16,18)/t10-/m1/s1. The molecule has 1 saturated heterocycles.